The number of nitrogens with zero attached hydrogens (tertiary/aromatic N) is 4. The van der Waals surface area contributed by atoms with Crippen LogP contribution in [0.15, 0.2) is 36.5 Å². The molecule has 0 aliphatic rings. The van der Waals surface area contributed by atoms with E-state index in [4.69, 9.17) is 5.11 Å². The standard InChI is InChI=1S/C18H21N5O2/c1-3-14(8-10-24)20-18(25)17-12(2)23(22-21-17)15-6-7-16-13(11-15)5-4-9-19-16/h4-7,9,11,14,24H,3,8,10H2,1-2H3,(H,20,25). The average molecular weight is 339 g/mol. The first-order valence-corrected chi connectivity index (χ1v) is 8.33. The SMILES string of the molecule is CCC(CCO)NC(=O)c1nnn(-c2ccc3ncccc3c2)c1C. The van der Waals surface area contributed by atoms with Crippen LogP contribution in [0.3, 0.4) is 0 Å². The number of benzene rings is 1. The van der Waals surface area contributed by atoms with E-state index in [0.29, 0.717) is 17.8 Å². The third-order valence-electron chi connectivity index (χ3n) is 4.25. The highest BCUT2D eigenvalue weighted by atomic mass is 16.3. The van der Waals surface area contributed by atoms with Gasteiger partial charge < -0.3 is 10.4 Å². The predicted octanol–water partition coefficient (Wildman–Crippen LogP) is 2.01. The van der Waals surface area contributed by atoms with Gasteiger partial charge in [-0.05, 0) is 44.0 Å². The Bertz CT molecular complexity index is 890. The van der Waals surface area contributed by atoms with Gasteiger partial charge in [0.1, 0.15) is 0 Å². The number of aliphatic hydroxyl groups is 1. The van der Waals surface area contributed by atoms with Gasteiger partial charge in [0.2, 0.25) is 0 Å². The van der Waals surface area contributed by atoms with Gasteiger partial charge in [0.15, 0.2) is 5.69 Å². The van der Waals surface area contributed by atoms with Crippen molar-refractivity contribution >= 4 is 16.8 Å². The summed E-state index contributed by atoms with van der Waals surface area (Å²) in [6.45, 7) is 3.82. The van der Waals surface area contributed by atoms with E-state index in [1.165, 1.54) is 0 Å². The van der Waals surface area contributed by atoms with Crippen LogP contribution in [0.1, 0.15) is 35.9 Å². The molecule has 7 nitrogen and oxygen atoms in total. The van der Waals surface area contributed by atoms with Crippen LogP contribution in [0.5, 0.6) is 0 Å². The molecule has 0 saturated heterocycles. The number of hydrogen-bond donors (Lipinski definition) is 2. The van der Waals surface area contributed by atoms with Crippen LogP contribution in [0.4, 0.5) is 0 Å². The second kappa shape index (κ2) is 7.40. The molecule has 0 bridgehead atoms. The highest BCUT2D eigenvalue weighted by Crippen LogP contribution is 2.18. The molecule has 0 aliphatic carbocycles. The molecule has 1 amide bonds. The highest BCUT2D eigenvalue weighted by molar-refractivity contribution is 5.93. The van der Waals surface area contributed by atoms with Crippen LogP contribution >= 0.6 is 0 Å². The van der Waals surface area contributed by atoms with Gasteiger partial charge in [-0.3, -0.25) is 9.78 Å². The number of hydrogen-bond acceptors (Lipinski definition) is 5. The second-order valence-corrected chi connectivity index (χ2v) is 5.91. The van der Waals surface area contributed by atoms with E-state index < -0.39 is 0 Å². The lowest BCUT2D eigenvalue weighted by Gasteiger charge is -2.14. The Balaban J connectivity index is 1.88. The minimum absolute atomic E-state index is 0.0373. The maximum Gasteiger partial charge on any atom is 0.273 e. The first kappa shape index (κ1) is 17.0. The van der Waals surface area contributed by atoms with E-state index in [2.05, 4.69) is 20.6 Å². The third-order valence-corrected chi connectivity index (χ3v) is 4.25. The summed E-state index contributed by atoms with van der Waals surface area (Å²) in [5.41, 5.74) is 2.69. The topological polar surface area (TPSA) is 92.9 Å². The Morgan fingerprint density at radius 1 is 1.36 bits per heavy atom. The first-order chi connectivity index (χ1) is 12.1. The van der Waals surface area contributed by atoms with E-state index in [1.54, 1.807) is 10.9 Å². The molecular formula is C18H21N5O2. The summed E-state index contributed by atoms with van der Waals surface area (Å²) in [7, 11) is 0. The molecule has 25 heavy (non-hydrogen) atoms. The lowest BCUT2D eigenvalue weighted by Crippen LogP contribution is -2.35. The van der Waals surface area contributed by atoms with Gasteiger partial charge in [-0.15, -0.1) is 5.10 Å². The maximum atomic E-state index is 12.4. The molecular weight excluding hydrogens is 318 g/mol. The lowest BCUT2D eigenvalue weighted by molar-refractivity contribution is 0.0923. The summed E-state index contributed by atoms with van der Waals surface area (Å²) < 4.78 is 1.65. The van der Waals surface area contributed by atoms with Crippen molar-refractivity contribution in [2.24, 2.45) is 0 Å². The number of aliphatic hydroxyl groups excluding tert-OH is 1. The normalized spacial score (nSPS) is 12.3. The fourth-order valence-electron chi connectivity index (χ4n) is 2.77. The van der Waals surface area contributed by atoms with Gasteiger partial charge in [0.25, 0.3) is 5.91 Å². The number of aromatic nitrogens is 4. The number of pyridine rings is 1. The molecule has 3 rings (SSSR count). The Hall–Kier alpha value is -2.80. The van der Waals surface area contributed by atoms with Crippen molar-refractivity contribution in [3.8, 4) is 5.69 Å². The number of nitrogens with one attached hydrogen (secondary N) is 1. The molecule has 0 fully saturated rings. The molecule has 0 spiro atoms. The Morgan fingerprint density at radius 3 is 2.96 bits per heavy atom. The summed E-state index contributed by atoms with van der Waals surface area (Å²) in [6, 6.07) is 9.57. The second-order valence-electron chi connectivity index (χ2n) is 5.91. The van der Waals surface area contributed by atoms with Gasteiger partial charge >= 0.3 is 0 Å². The smallest absolute Gasteiger partial charge is 0.273 e. The summed E-state index contributed by atoms with van der Waals surface area (Å²) in [5, 5.41) is 21.1. The van der Waals surface area contributed by atoms with Crippen LogP contribution in [0.2, 0.25) is 0 Å². The Morgan fingerprint density at radius 2 is 2.20 bits per heavy atom. The number of carbonyl (C=O) groups is 1. The fourth-order valence-corrected chi connectivity index (χ4v) is 2.77. The Labute approximate surface area is 145 Å². The molecule has 0 saturated carbocycles. The van der Waals surface area contributed by atoms with Crippen LogP contribution in [-0.2, 0) is 0 Å². The van der Waals surface area contributed by atoms with Crippen molar-refractivity contribution in [1.29, 1.82) is 0 Å². The van der Waals surface area contributed by atoms with Gasteiger partial charge in [-0.25, -0.2) is 4.68 Å². The van der Waals surface area contributed by atoms with Gasteiger partial charge in [0, 0.05) is 24.2 Å². The van der Waals surface area contributed by atoms with Crippen LogP contribution < -0.4 is 5.32 Å². The molecule has 2 heterocycles. The molecule has 2 N–H and O–H groups in total. The zero-order valence-electron chi connectivity index (χ0n) is 14.3. The number of amides is 1. The zero-order valence-corrected chi connectivity index (χ0v) is 14.3. The van der Waals surface area contributed by atoms with Crippen molar-refractivity contribution < 1.29 is 9.90 Å². The molecule has 3 aromatic rings. The van der Waals surface area contributed by atoms with Crippen molar-refractivity contribution in [3.05, 3.63) is 47.9 Å². The van der Waals surface area contributed by atoms with E-state index in [-0.39, 0.29) is 18.6 Å². The molecule has 1 unspecified atom stereocenters. The van der Waals surface area contributed by atoms with Gasteiger partial charge in [-0.2, -0.15) is 0 Å². The van der Waals surface area contributed by atoms with Crippen LogP contribution in [0, 0.1) is 6.92 Å². The quantitative estimate of drug-likeness (QED) is 0.717. The zero-order chi connectivity index (χ0) is 17.8. The maximum absolute atomic E-state index is 12.4. The van der Waals surface area contributed by atoms with E-state index in [1.807, 2.05) is 44.2 Å². The number of rotatable bonds is 6. The number of fused-ring (bicyclic) bond motifs is 1. The minimum Gasteiger partial charge on any atom is -0.396 e. The summed E-state index contributed by atoms with van der Waals surface area (Å²) >= 11 is 0. The predicted molar refractivity (Wildman–Crippen MR) is 94.6 cm³/mol. The van der Waals surface area contributed by atoms with Crippen LogP contribution in [0.25, 0.3) is 16.6 Å². The molecule has 1 atom stereocenters. The van der Waals surface area contributed by atoms with E-state index >= 15 is 0 Å². The van der Waals surface area contributed by atoms with Crippen molar-refractivity contribution in [2.45, 2.75) is 32.7 Å². The minimum atomic E-state index is -0.272. The van der Waals surface area contributed by atoms with E-state index in [0.717, 1.165) is 23.0 Å². The molecule has 130 valence electrons. The summed E-state index contributed by atoms with van der Waals surface area (Å²) in [5.74, 6) is -0.272. The third kappa shape index (κ3) is 3.51. The van der Waals surface area contributed by atoms with Crippen molar-refractivity contribution in [2.75, 3.05) is 6.61 Å². The van der Waals surface area contributed by atoms with Gasteiger partial charge in [-0.1, -0.05) is 18.2 Å². The molecule has 2 aromatic heterocycles. The molecule has 0 radical (unpaired) electrons. The summed E-state index contributed by atoms with van der Waals surface area (Å²) in [4.78, 5) is 16.7. The highest BCUT2D eigenvalue weighted by Gasteiger charge is 2.19. The fraction of sp³-hybridized carbons (Fsp3) is 0.333. The van der Waals surface area contributed by atoms with Crippen molar-refractivity contribution in [3.63, 3.8) is 0 Å². The first-order valence-electron chi connectivity index (χ1n) is 8.33. The average Bonchev–Trinajstić information content (AvgIpc) is 3.02. The number of carbonyl (C=O) groups excluding carboxylic acids is 1. The van der Waals surface area contributed by atoms with Gasteiger partial charge in [0.05, 0.1) is 16.9 Å². The molecule has 0 aliphatic heterocycles. The molecule has 1 aromatic carbocycles. The van der Waals surface area contributed by atoms with Crippen LogP contribution in [-0.4, -0.2) is 43.6 Å². The monoisotopic (exact) mass is 339 g/mol. The van der Waals surface area contributed by atoms with Crippen molar-refractivity contribution in [1.82, 2.24) is 25.3 Å². The largest absolute Gasteiger partial charge is 0.396 e. The summed E-state index contributed by atoms with van der Waals surface area (Å²) in [6.07, 6.45) is 3.02. The molecule has 7 heteroatoms. The van der Waals surface area contributed by atoms with E-state index in [9.17, 15) is 4.79 Å². The lowest BCUT2D eigenvalue weighted by atomic mass is 10.1. The Kier molecular flexibility index (Phi) is 5.04.